The zero-order valence-electron chi connectivity index (χ0n) is 18.8. The van der Waals surface area contributed by atoms with E-state index in [-0.39, 0.29) is 11.9 Å². The summed E-state index contributed by atoms with van der Waals surface area (Å²) >= 11 is 6.09. The summed E-state index contributed by atoms with van der Waals surface area (Å²) in [5.41, 5.74) is 3.61. The molecule has 5 heteroatoms. The van der Waals surface area contributed by atoms with Crippen molar-refractivity contribution in [2.75, 3.05) is 0 Å². The van der Waals surface area contributed by atoms with Gasteiger partial charge in [-0.1, -0.05) is 37.1 Å². The van der Waals surface area contributed by atoms with Gasteiger partial charge in [-0.15, -0.1) is 0 Å². The molecule has 0 unspecified atom stereocenters. The van der Waals surface area contributed by atoms with E-state index in [1.165, 1.54) is 11.1 Å². The first kappa shape index (κ1) is 23.9. The maximum absolute atomic E-state index is 13.3. The Labute approximate surface area is 196 Å². The van der Waals surface area contributed by atoms with Gasteiger partial charge in [0.25, 0.3) is 0 Å². The number of carbonyl (C=O) groups is 1. The van der Waals surface area contributed by atoms with E-state index in [1.807, 2.05) is 49.1 Å². The van der Waals surface area contributed by atoms with Crippen LogP contribution in [-0.4, -0.2) is 26.8 Å². The Morgan fingerprint density at radius 3 is 1.88 bits per heavy atom. The summed E-state index contributed by atoms with van der Waals surface area (Å²) in [5, 5.41) is 0.713. The number of rotatable bonds is 12. The summed E-state index contributed by atoms with van der Waals surface area (Å²) in [6.45, 7) is 2.73. The van der Waals surface area contributed by atoms with Crippen molar-refractivity contribution in [3.05, 3.63) is 95.0 Å². The van der Waals surface area contributed by atoms with Crippen LogP contribution < -0.4 is 0 Å². The van der Waals surface area contributed by atoms with Crippen LogP contribution in [0.25, 0.3) is 0 Å². The van der Waals surface area contributed by atoms with Gasteiger partial charge >= 0.3 is 0 Å². The summed E-state index contributed by atoms with van der Waals surface area (Å²) in [6.07, 6.45) is 13.5. The van der Waals surface area contributed by atoms with E-state index in [9.17, 15) is 4.79 Å². The molecule has 0 saturated carbocycles. The quantitative estimate of drug-likeness (QED) is 0.326. The second kappa shape index (κ2) is 13.0. The molecule has 3 aromatic rings. The fourth-order valence-corrected chi connectivity index (χ4v) is 4.03. The van der Waals surface area contributed by atoms with Gasteiger partial charge in [-0.2, -0.15) is 0 Å². The molecule has 2 heterocycles. The Morgan fingerprint density at radius 2 is 1.38 bits per heavy atom. The highest BCUT2D eigenvalue weighted by Gasteiger charge is 2.23. The molecule has 0 aliphatic heterocycles. The van der Waals surface area contributed by atoms with Crippen molar-refractivity contribution < 1.29 is 4.79 Å². The van der Waals surface area contributed by atoms with Crippen LogP contribution in [0, 0.1) is 0 Å². The maximum Gasteiger partial charge on any atom is 0.223 e. The van der Waals surface area contributed by atoms with Crippen molar-refractivity contribution in [1.29, 1.82) is 0 Å². The second-order valence-electron chi connectivity index (χ2n) is 8.19. The molecular weight excluding hydrogens is 418 g/mol. The van der Waals surface area contributed by atoms with Crippen LogP contribution in [0.1, 0.15) is 55.7 Å². The molecule has 1 aromatic carbocycles. The third kappa shape index (κ3) is 7.76. The lowest BCUT2D eigenvalue weighted by Gasteiger charge is -2.33. The highest BCUT2D eigenvalue weighted by molar-refractivity contribution is 6.30. The standard InChI is InChI=1S/C27H32ClN3O/c1-2-3-4-27(32)31(21-24-5-9-25(28)10-6-24)26(11-7-22-13-17-29-18-14-22)12-8-23-15-19-30-20-16-23/h5-6,9-10,13-20,26H,2-4,7-8,11-12,21H2,1H3. The zero-order chi connectivity index (χ0) is 22.6. The van der Waals surface area contributed by atoms with Crippen molar-refractivity contribution in [3.8, 4) is 0 Å². The molecule has 0 fully saturated rings. The van der Waals surface area contributed by atoms with E-state index >= 15 is 0 Å². The first-order valence-electron chi connectivity index (χ1n) is 11.5. The Morgan fingerprint density at radius 1 is 0.844 bits per heavy atom. The molecule has 3 rings (SSSR count). The molecule has 0 spiro atoms. The highest BCUT2D eigenvalue weighted by atomic mass is 35.5. The van der Waals surface area contributed by atoms with Crippen molar-refractivity contribution in [2.45, 2.75) is 64.5 Å². The monoisotopic (exact) mass is 449 g/mol. The maximum atomic E-state index is 13.3. The lowest BCUT2D eigenvalue weighted by Crippen LogP contribution is -2.40. The number of amides is 1. The normalized spacial score (nSPS) is 11.0. The molecule has 1 amide bonds. The van der Waals surface area contributed by atoms with E-state index in [1.54, 1.807) is 0 Å². The van der Waals surface area contributed by atoms with Crippen LogP contribution in [0.5, 0.6) is 0 Å². The van der Waals surface area contributed by atoms with Crippen LogP contribution in [0.3, 0.4) is 0 Å². The van der Waals surface area contributed by atoms with E-state index in [4.69, 9.17) is 11.6 Å². The van der Waals surface area contributed by atoms with Crippen LogP contribution in [0.2, 0.25) is 5.02 Å². The lowest BCUT2D eigenvalue weighted by atomic mass is 9.97. The minimum Gasteiger partial charge on any atom is -0.335 e. The van der Waals surface area contributed by atoms with Gasteiger partial charge in [0, 0.05) is 48.8 Å². The van der Waals surface area contributed by atoms with E-state index in [0.29, 0.717) is 18.0 Å². The minimum absolute atomic E-state index is 0.149. The van der Waals surface area contributed by atoms with Crippen LogP contribution >= 0.6 is 11.6 Å². The average Bonchev–Trinajstić information content (AvgIpc) is 2.84. The number of aromatic nitrogens is 2. The first-order valence-corrected chi connectivity index (χ1v) is 11.8. The number of carbonyl (C=O) groups excluding carboxylic acids is 1. The number of hydrogen-bond donors (Lipinski definition) is 0. The van der Waals surface area contributed by atoms with Crippen LogP contribution in [-0.2, 0) is 24.2 Å². The zero-order valence-corrected chi connectivity index (χ0v) is 19.5. The third-order valence-corrected chi connectivity index (χ3v) is 6.05. The van der Waals surface area contributed by atoms with Crippen LogP contribution in [0.15, 0.2) is 73.3 Å². The molecule has 0 N–H and O–H groups in total. The number of nitrogens with zero attached hydrogens (tertiary/aromatic N) is 3. The smallest absolute Gasteiger partial charge is 0.223 e. The van der Waals surface area contributed by atoms with Gasteiger partial charge in [0.15, 0.2) is 0 Å². The van der Waals surface area contributed by atoms with Gasteiger partial charge in [0.05, 0.1) is 0 Å². The number of pyridine rings is 2. The summed E-state index contributed by atoms with van der Waals surface area (Å²) in [7, 11) is 0. The molecule has 0 saturated heterocycles. The summed E-state index contributed by atoms with van der Waals surface area (Å²) in [6, 6.07) is 16.2. The van der Waals surface area contributed by atoms with Gasteiger partial charge in [-0.25, -0.2) is 0 Å². The fourth-order valence-electron chi connectivity index (χ4n) is 3.90. The highest BCUT2D eigenvalue weighted by Crippen LogP contribution is 2.21. The predicted molar refractivity (Wildman–Crippen MR) is 130 cm³/mol. The van der Waals surface area contributed by atoms with Crippen molar-refractivity contribution in [3.63, 3.8) is 0 Å². The third-order valence-electron chi connectivity index (χ3n) is 5.80. The minimum atomic E-state index is 0.149. The van der Waals surface area contributed by atoms with Gasteiger partial charge in [-0.3, -0.25) is 14.8 Å². The fraction of sp³-hybridized carbons (Fsp3) is 0.370. The number of aryl methyl sites for hydroxylation is 2. The Hall–Kier alpha value is -2.72. The molecule has 168 valence electrons. The average molecular weight is 450 g/mol. The van der Waals surface area contributed by atoms with E-state index in [0.717, 1.165) is 44.1 Å². The number of halogens is 1. The number of unbranched alkanes of at least 4 members (excludes halogenated alkanes) is 1. The topological polar surface area (TPSA) is 46.1 Å². The van der Waals surface area contributed by atoms with Crippen LogP contribution in [0.4, 0.5) is 0 Å². The molecular formula is C27H32ClN3O. The molecule has 0 aliphatic rings. The molecule has 0 radical (unpaired) electrons. The van der Waals surface area contributed by atoms with Crippen molar-refractivity contribution in [2.24, 2.45) is 0 Å². The van der Waals surface area contributed by atoms with Gasteiger partial charge in [-0.05, 0) is 85.2 Å². The Kier molecular flexibility index (Phi) is 9.70. The Bertz CT molecular complexity index is 889. The molecule has 0 aliphatic carbocycles. The molecule has 32 heavy (non-hydrogen) atoms. The van der Waals surface area contributed by atoms with Gasteiger partial charge in [0.2, 0.25) is 5.91 Å². The van der Waals surface area contributed by atoms with Crippen molar-refractivity contribution in [1.82, 2.24) is 14.9 Å². The van der Waals surface area contributed by atoms with Gasteiger partial charge < -0.3 is 4.90 Å². The lowest BCUT2D eigenvalue weighted by molar-refractivity contribution is -0.134. The molecule has 0 atom stereocenters. The molecule has 2 aromatic heterocycles. The van der Waals surface area contributed by atoms with E-state index < -0.39 is 0 Å². The largest absolute Gasteiger partial charge is 0.335 e. The summed E-state index contributed by atoms with van der Waals surface area (Å²) in [4.78, 5) is 23.7. The SMILES string of the molecule is CCCCC(=O)N(Cc1ccc(Cl)cc1)C(CCc1ccncc1)CCc1ccncc1. The van der Waals surface area contributed by atoms with Gasteiger partial charge in [0.1, 0.15) is 0 Å². The molecule has 4 nitrogen and oxygen atoms in total. The second-order valence-corrected chi connectivity index (χ2v) is 8.63. The first-order chi connectivity index (χ1) is 15.7. The predicted octanol–water partition coefficient (Wildman–Crippen LogP) is 6.28. The molecule has 0 bridgehead atoms. The Balaban J connectivity index is 1.80. The van der Waals surface area contributed by atoms with E-state index in [2.05, 4.69) is 46.1 Å². The number of benzene rings is 1. The number of hydrogen-bond acceptors (Lipinski definition) is 3. The van der Waals surface area contributed by atoms with Crippen molar-refractivity contribution >= 4 is 17.5 Å². The summed E-state index contributed by atoms with van der Waals surface area (Å²) < 4.78 is 0. The summed E-state index contributed by atoms with van der Waals surface area (Å²) in [5.74, 6) is 0.233.